The molecule has 3 heterocycles. The zero-order valence-electron chi connectivity index (χ0n) is 17.3. The van der Waals surface area contributed by atoms with Crippen LogP contribution in [0.2, 0.25) is 0 Å². The lowest BCUT2D eigenvalue weighted by Crippen LogP contribution is -2.50. The number of amides is 2. The maximum atomic E-state index is 12.9. The minimum atomic E-state index is -0.133. The number of hydrogen-bond acceptors (Lipinski definition) is 5. The quantitative estimate of drug-likeness (QED) is 0.569. The van der Waals surface area contributed by atoms with E-state index < -0.39 is 0 Å². The number of carbonyl (C=O) groups excluding carboxylic acids is 2. The fourth-order valence-electron chi connectivity index (χ4n) is 3.48. The first-order valence-corrected chi connectivity index (χ1v) is 11.1. The summed E-state index contributed by atoms with van der Waals surface area (Å²) < 4.78 is 11.2. The monoisotopic (exact) mass is 436 g/mol. The third-order valence-electron chi connectivity index (χ3n) is 5.11. The second-order valence-electron chi connectivity index (χ2n) is 7.21. The first-order valence-electron chi connectivity index (χ1n) is 10.2. The molecule has 0 radical (unpaired) electrons. The lowest BCUT2D eigenvalue weighted by atomic mass is 10.2. The molecule has 1 aromatic carbocycles. The predicted molar refractivity (Wildman–Crippen MR) is 120 cm³/mol. The highest BCUT2D eigenvalue weighted by atomic mass is 32.1. The average molecular weight is 437 g/mol. The third-order valence-corrected chi connectivity index (χ3v) is 6.08. The molecule has 3 aromatic rings. The molecule has 0 bridgehead atoms. The van der Waals surface area contributed by atoms with Crippen LogP contribution in [0.15, 0.2) is 64.6 Å². The Labute approximate surface area is 185 Å². The smallest absolute Gasteiger partial charge is 0.289 e. The lowest BCUT2D eigenvalue weighted by Gasteiger charge is -2.34. The van der Waals surface area contributed by atoms with E-state index in [1.807, 2.05) is 54.8 Å². The summed E-state index contributed by atoms with van der Waals surface area (Å²) in [4.78, 5) is 29.5. The van der Waals surface area contributed by atoms with E-state index >= 15 is 0 Å². The SMILES string of the molecule is C/C=C/c1ccccc1OCc1csc(C(=O)N2CCN(C(=O)c3ccco3)CC2)c1. The Morgan fingerprint density at radius 1 is 1.06 bits per heavy atom. The molecule has 1 aliphatic heterocycles. The van der Waals surface area contributed by atoms with Crippen molar-refractivity contribution < 1.29 is 18.7 Å². The summed E-state index contributed by atoms with van der Waals surface area (Å²) in [5, 5.41) is 1.96. The van der Waals surface area contributed by atoms with Crippen LogP contribution in [0.4, 0.5) is 0 Å². The van der Waals surface area contributed by atoms with Crippen LogP contribution in [0.3, 0.4) is 0 Å². The van der Waals surface area contributed by atoms with Crippen molar-refractivity contribution in [2.24, 2.45) is 0 Å². The number of piperazine rings is 1. The Hall–Kier alpha value is -3.32. The number of hydrogen-bond donors (Lipinski definition) is 0. The van der Waals surface area contributed by atoms with Gasteiger partial charge in [-0.15, -0.1) is 11.3 Å². The largest absolute Gasteiger partial charge is 0.488 e. The number of nitrogens with zero attached hydrogens (tertiary/aromatic N) is 2. The van der Waals surface area contributed by atoms with Crippen molar-refractivity contribution in [3.8, 4) is 5.75 Å². The van der Waals surface area contributed by atoms with Crippen LogP contribution >= 0.6 is 11.3 Å². The van der Waals surface area contributed by atoms with Crippen molar-refractivity contribution in [1.82, 2.24) is 9.80 Å². The minimum absolute atomic E-state index is 0.00401. The zero-order chi connectivity index (χ0) is 21.6. The van der Waals surface area contributed by atoms with Gasteiger partial charge in [0.25, 0.3) is 11.8 Å². The van der Waals surface area contributed by atoms with Crippen LogP contribution in [-0.4, -0.2) is 47.8 Å². The van der Waals surface area contributed by atoms with E-state index in [1.165, 1.54) is 17.6 Å². The normalized spacial score (nSPS) is 14.2. The van der Waals surface area contributed by atoms with Gasteiger partial charge in [-0.1, -0.05) is 30.4 Å². The molecule has 4 rings (SSSR count). The van der Waals surface area contributed by atoms with Gasteiger partial charge in [-0.3, -0.25) is 9.59 Å². The molecule has 1 fully saturated rings. The number of para-hydroxylation sites is 1. The molecule has 2 aromatic heterocycles. The number of benzene rings is 1. The van der Waals surface area contributed by atoms with Crippen LogP contribution in [0.5, 0.6) is 5.75 Å². The molecule has 31 heavy (non-hydrogen) atoms. The van der Waals surface area contributed by atoms with Crippen LogP contribution in [0.1, 0.15) is 38.3 Å². The van der Waals surface area contributed by atoms with E-state index in [1.54, 1.807) is 21.9 Å². The van der Waals surface area contributed by atoms with E-state index in [0.717, 1.165) is 16.9 Å². The molecular weight excluding hydrogens is 412 g/mol. The summed E-state index contributed by atoms with van der Waals surface area (Å²) in [6.07, 6.45) is 5.48. The third kappa shape index (κ3) is 4.88. The Kier molecular flexibility index (Phi) is 6.52. The highest BCUT2D eigenvalue weighted by Crippen LogP contribution is 2.23. The molecular formula is C24H24N2O4S. The zero-order valence-corrected chi connectivity index (χ0v) is 18.1. The first kappa shape index (κ1) is 20.9. The maximum Gasteiger partial charge on any atom is 0.289 e. The van der Waals surface area contributed by atoms with Crippen molar-refractivity contribution >= 4 is 29.2 Å². The van der Waals surface area contributed by atoms with Gasteiger partial charge in [0.15, 0.2) is 5.76 Å². The summed E-state index contributed by atoms with van der Waals surface area (Å²) in [6.45, 7) is 4.38. The fraction of sp³-hybridized carbons (Fsp3) is 0.250. The second kappa shape index (κ2) is 9.66. The molecule has 0 aliphatic carbocycles. The van der Waals surface area contributed by atoms with Crippen LogP contribution in [0.25, 0.3) is 6.08 Å². The number of rotatable bonds is 6. The molecule has 7 heteroatoms. The molecule has 0 saturated carbocycles. The molecule has 0 unspecified atom stereocenters. The standard InChI is InChI=1S/C24H24N2O4S/c1-2-6-19-7-3-4-8-20(19)30-16-18-15-22(31-17-18)24(28)26-12-10-25(11-13-26)23(27)21-9-5-14-29-21/h2-9,14-15,17H,10-13,16H2,1H3/b6-2+. The lowest BCUT2D eigenvalue weighted by molar-refractivity contribution is 0.0520. The minimum Gasteiger partial charge on any atom is -0.488 e. The van der Waals surface area contributed by atoms with Crippen molar-refractivity contribution in [2.75, 3.05) is 26.2 Å². The summed E-state index contributed by atoms with van der Waals surface area (Å²) in [5.74, 6) is 1.01. The summed E-state index contributed by atoms with van der Waals surface area (Å²) in [5.41, 5.74) is 1.99. The predicted octanol–water partition coefficient (Wildman–Crippen LogP) is 4.55. The Morgan fingerprint density at radius 3 is 2.52 bits per heavy atom. The molecule has 1 saturated heterocycles. The number of carbonyl (C=O) groups is 2. The van der Waals surface area contributed by atoms with Gasteiger partial charge in [0.05, 0.1) is 11.1 Å². The Morgan fingerprint density at radius 2 is 1.81 bits per heavy atom. The van der Waals surface area contributed by atoms with E-state index in [0.29, 0.717) is 43.4 Å². The highest BCUT2D eigenvalue weighted by Gasteiger charge is 2.27. The molecule has 0 N–H and O–H groups in total. The van der Waals surface area contributed by atoms with Gasteiger partial charge in [-0.05, 0) is 36.6 Å². The number of thiophene rings is 1. The maximum absolute atomic E-state index is 12.9. The van der Waals surface area contributed by atoms with E-state index in [-0.39, 0.29) is 11.8 Å². The summed E-state index contributed by atoms with van der Waals surface area (Å²) >= 11 is 1.43. The van der Waals surface area contributed by atoms with Crippen molar-refractivity contribution in [3.63, 3.8) is 0 Å². The Bertz CT molecular complexity index is 1060. The molecule has 160 valence electrons. The average Bonchev–Trinajstić information content (AvgIpc) is 3.50. The molecule has 6 nitrogen and oxygen atoms in total. The molecule has 1 aliphatic rings. The molecule has 2 amide bonds. The van der Waals surface area contributed by atoms with Gasteiger partial charge < -0.3 is 19.0 Å². The van der Waals surface area contributed by atoms with Gasteiger partial charge in [0.2, 0.25) is 0 Å². The van der Waals surface area contributed by atoms with E-state index in [2.05, 4.69) is 0 Å². The van der Waals surface area contributed by atoms with Crippen molar-refractivity contribution in [1.29, 1.82) is 0 Å². The second-order valence-corrected chi connectivity index (χ2v) is 8.12. The highest BCUT2D eigenvalue weighted by molar-refractivity contribution is 7.12. The number of allylic oxidation sites excluding steroid dienone is 1. The first-order chi connectivity index (χ1) is 15.2. The van der Waals surface area contributed by atoms with Gasteiger partial charge in [-0.2, -0.15) is 0 Å². The van der Waals surface area contributed by atoms with Crippen LogP contribution in [0, 0.1) is 0 Å². The van der Waals surface area contributed by atoms with Crippen LogP contribution < -0.4 is 4.74 Å². The summed E-state index contributed by atoms with van der Waals surface area (Å²) in [6, 6.07) is 13.1. The topological polar surface area (TPSA) is 63.0 Å². The number of furan rings is 1. The molecule has 0 spiro atoms. The molecule has 0 atom stereocenters. The van der Waals surface area contributed by atoms with Gasteiger partial charge in [0, 0.05) is 37.3 Å². The van der Waals surface area contributed by atoms with Crippen LogP contribution in [-0.2, 0) is 6.61 Å². The van der Waals surface area contributed by atoms with Gasteiger partial charge in [0.1, 0.15) is 12.4 Å². The van der Waals surface area contributed by atoms with E-state index in [9.17, 15) is 9.59 Å². The van der Waals surface area contributed by atoms with Crippen molar-refractivity contribution in [3.05, 3.63) is 81.9 Å². The fourth-order valence-corrected chi connectivity index (χ4v) is 4.34. The Balaban J connectivity index is 1.32. The number of ether oxygens (including phenoxy) is 1. The van der Waals surface area contributed by atoms with Gasteiger partial charge >= 0.3 is 0 Å². The van der Waals surface area contributed by atoms with Crippen molar-refractivity contribution in [2.45, 2.75) is 13.5 Å². The van der Waals surface area contributed by atoms with Gasteiger partial charge in [-0.25, -0.2) is 0 Å². The van der Waals surface area contributed by atoms with E-state index in [4.69, 9.17) is 9.15 Å². The summed E-state index contributed by atoms with van der Waals surface area (Å²) in [7, 11) is 0.